The maximum atomic E-state index is 11.1. The summed E-state index contributed by atoms with van der Waals surface area (Å²) in [6.45, 7) is 0.389. The second-order valence-corrected chi connectivity index (χ2v) is 2.49. The molecule has 1 aromatic heterocycles. The molecule has 0 unspecified atom stereocenters. The van der Waals surface area contributed by atoms with E-state index >= 15 is 0 Å². The molecule has 0 aromatic carbocycles. The molecule has 0 fully saturated rings. The molecular formula is C7H12N4O2. The summed E-state index contributed by atoms with van der Waals surface area (Å²) in [6.07, 6.45) is 1.74. The number of methoxy groups -OCH3 is 1. The number of carbonyl (C=O) groups excluding carboxylic acids is 1. The zero-order valence-corrected chi connectivity index (χ0v) is 7.33. The van der Waals surface area contributed by atoms with Gasteiger partial charge in [0.05, 0.1) is 24.9 Å². The average molecular weight is 184 g/mol. The van der Waals surface area contributed by atoms with Crippen molar-refractivity contribution >= 4 is 17.4 Å². The number of nitrogens with one attached hydrogen (secondary N) is 2. The number of amides is 1. The van der Waals surface area contributed by atoms with Gasteiger partial charge in [-0.2, -0.15) is 5.10 Å². The lowest BCUT2D eigenvalue weighted by atomic mass is 10.4. The number of H-pyrrole nitrogens is 1. The lowest BCUT2D eigenvalue weighted by molar-refractivity contribution is -0.117. The van der Waals surface area contributed by atoms with Crippen LogP contribution in [-0.2, 0) is 9.53 Å². The van der Waals surface area contributed by atoms with Gasteiger partial charge in [0.15, 0.2) is 5.82 Å². The first-order valence-corrected chi connectivity index (χ1v) is 3.81. The molecule has 6 nitrogen and oxygen atoms in total. The van der Waals surface area contributed by atoms with Gasteiger partial charge in [-0.15, -0.1) is 0 Å². The number of ether oxygens (including phenoxy) is 1. The lowest BCUT2D eigenvalue weighted by Crippen LogP contribution is -2.14. The predicted octanol–water partition coefficient (Wildman–Crippen LogP) is -0.0331. The highest BCUT2D eigenvalue weighted by atomic mass is 16.5. The van der Waals surface area contributed by atoms with E-state index in [9.17, 15) is 4.79 Å². The van der Waals surface area contributed by atoms with Crippen LogP contribution in [-0.4, -0.2) is 29.8 Å². The Bertz CT molecular complexity index is 284. The van der Waals surface area contributed by atoms with Gasteiger partial charge >= 0.3 is 0 Å². The van der Waals surface area contributed by atoms with E-state index in [2.05, 4.69) is 15.5 Å². The Morgan fingerprint density at radius 3 is 3.15 bits per heavy atom. The van der Waals surface area contributed by atoms with Crippen molar-refractivity contribution in [1.29, 1.82) is 0 Å². The molecule has 1 aromatic rings. The molecule has 0 saturated carbocycles. The van der Waals surface area contributed by atoms with Crippen LogP contribution in [0.1, 0.15) is 6.42 Å². The van der Waals surface area contributed by atoms with Gasteiger partial charge in [0.25, 0.3) is 0 Å². The highest BCUT2D eigenvalue weighted by molar-refractivity contribution is 5.92. The van der Waals surface area contributed by atoms with Crippen LogP contribution in [0.5, 0.6) is 0 Å². The van der Waals surface area contributed by atoms with Crippen molar-refractivity contribution in [2.24, 2.45) is 0 Å². The van der Waals surface area contributed by atoms with Crippen molar-refractivity contribution in [1.82, 2.24) is 10.2 Å². The zero-order valence-electron chi connectivity index (χ0n) is 7.33. The van der Waals surface area contributed by atoms with Gasteiger partial charge < -0.3 is 15.8 Å². The summed E-state index contributed by atoms with van der Waals surface area (Å²) in [5, 5.41) is 8.79. The number of rotatable bonds is 4. The number of nitrogens with two attached hydrogens (primary N) is 1. The van der Waals surface area contributed by atoms with E-state index in [1.807, 2.05) is 0 Å². The van der Waals surface area contributed by atoms with Gasteiger partial charge in [-0.3, -0.25) is 9.89 Å². The summed E-state index contributed by atoms with van der Waals surface area (Å²) < 4.78 is 4.74. The number of aromatic nitrogens is 2. The lowest BCUT2D eigenvalue weighted by Gasteiger charge is -2.02. The fourth-order valence-electron chi connectivity index (χ4n) is 0.792. The molecule has 0 aliphatic heterocycles. The maximum Gasteiger partial charge on any atom is 0.227 e. The number of anilines is 2. The Hall–Kier alpha value is -1.56. The average Bonchev–Trinajstić information content (AvgIpc) is 2.48. The molecule has 13 heavy (non-hydrogen) atoms. The summed E-state index contributed by atoms with van der Waals surface area (Å²) in [6, 6.07) is 0. The van der Waals surface area contributed by atoms with Crippen LogP contribution in [0, 0.1) is 0 Å². The second kappa shape index (κ2) is 4.46. The first kappa shape index (κ1) is 9.53. The third-order valence-electron chi connectivity index (χ3n) is 1.47. The predicted molar refractivity (Wildman–Crippen MR) is 48.1 cm³/mol. The Morgan fingerprint density at radius 1 is 1.85 bits per heavy atom. The summed E-state index contributed by atoms with van der Waals surface area (Å²) >= 11 is 0. The van der Waals surface area contributed by atoms with Crippen molar-refractivity contribution in [2.75, 3.05) is 24.8 Å². The molecule has 4 N–H and O–H groups in total. The SMILES string of the molecule is COCCC(=O)Nc1[nH]ncc1N. The standard InChI is InChI=1S/C7H12N4O2/c1-13-3-2-6(12)10-7-5(8)4-9-11-7/h4H,2-3,8H2,1H3,(H2,9,10,11,12). The maximum absolute atomic E-state index is 11.1. The monoisotopic (exact) mass is 184 g/mol. The summed E-state index contributed by atoms with van der Waals surface area (Å²) in [7, 11) is 1.54. The Balaban J connectivity index is 2.41. The van der Waals surface area contributed by atoms with Crippen LogP contribution in [0.25, 0.3) is 0 Å². The molecule has 1 heterocycles. The summed E-state index contributed by atoms with van der Waals surface area (Å²) in [4.78, 5) is 11.1. The van der Waals surface area contributed by atoms with Gasteiger partial charge in [-0.05, 0) is 0 Å². The molecule has 72 valence electrons. The van der Waals surface area contributed by atoms with E-state index in [1.165, 1.54) is 13.3 Å². The number of hydrogen-bond acceptors (Lipinski definition) is 4. The van der Waals surface area contributed by atoms with Crippen LogP contribution < -0.4 is 11.1 Å². The molecule has 0 radical (unpaired) electrons. The fourth-order valence-corrected chi connectivity index (χ4v) is 0.792. The number of nitrogen functional groups attached to an aromatic ring is 1. The van der Waals surface area contributed by atoms with E-state index < -0.39 is 0 Å². The normalized spacial score (nSPS) is 9.92. The molecule has 0 aliphatic rings. The Labute approximate surface area is 75.5 Å². The van der Waals surface area contributed by atoms with E-state index in [0.717, 1.165) is 0 Å². The van der Waals surface area contributed by atoms with Gasteiger partial charge in [-0.1, -0.05) is 0 Å². The van der Waals surface area contributed by atoms with Crippen LogP contribution in [0.4, 0.5) is 11.5 Å². The molecule has 0 atom stereocenters. The third-order valence-corrected chi connectivity index (χ3v) is 1.47. The molecule has 1 rings (SSSR count). The minimum atomic E-state index is -0.155. The van der Waals surface area contributed by atoms with E-state index in [-0.39, 0.29) is 5.91 Å². The Kier molecular flexibility index (Phi) is 3.27. The Morgan fingerprint density at radius 2 is 2.62 bits per heavy atom. The smallest absolute Gasteiger partial charge is 0.227 e. The molecule has 0 aliphatic carbocycles. The molecule has 6 heteroatoms. The van der Waals surface area contributed by atoms with Crippen LogP contribution in [0.2, 0.25) is 0 Å². The fraction of sp³-hybridized carbons (Fsp3) is 0.429. The number of nitrogens with zero attached hydrogens (tertiary/aromatic N) is 1. The molecule has 1 amide bonds. The summed E-state index contributed by atoms with van der Waals surface area (Å²) in [5.74, 6) is 0.277. The number of carbonyl (C=O) groups is 1. The van der Waals surface area contributed by atoms with Gasteiger partial charge in [0, 0.05) is 7.11 Å². The first-order chi connectivity index (χ1) is 6.24. The van der Waals surface area contributed by atoms with Crippen LogP contribution in [0.15, 0.2) is 6.20 Å². The molecular weight excluding hydrogens is 172 g/mol. The minimum Gasteiger partial charge on any atom is -0.394 e. The topological polar surface area (TPSA) is 93.0 Å². The molecule has 0 saturated heterocycles. The number of hydrogen-bond donors (Lipinski definition) is 3. The first-order valence-electron chi connectivity index (χ1n) is 3.81. The van der Waals surface area contributed by atoms with Crippen LogP contribution in [0.3, 0.4) is 0 Å². The second-order valence-electron chi connectivity index (χ2n) is 2.49. The summed E-state index contributed by atoms with van der Waals surface area (Å²) in [5.41, 5.74) is 5.90. The van der Waals surface area contributed by atoms with Gasteiger partial charge in [0.1, 0.15) is 0 Å². The van der Waals surface area contributed by atoms with Crippen molar-refractivity contribution in [3.8, 4) is 0 Å². The van der Waals surface area contributed by atoms with Crippen molar-refractivity contribution in [3.05, 3.63) is 6.20 Å². The highest BCUT2D eigenvalue weighted by Gasteiger charge is 2.05. The highest BCUT2D eigenvalue weighted by Crippen LogP contribution is 2.11. The van der Waals surface area contributed by atoms with E-state index in [0.29, 0.717) is 24.5 Å². The molecule has 0 bridgehead atoms. The van der Waals surface area contributed by atoms with Gasteiger partial charge in [-0.25, -0.2) is 0 Å². The largest absolute Gasteiger partial charge is 0.394 e. The van der Waals surface area contributed by atoms with Crippen molar-refractivity contribution in [2.45, 2.75) is 6.42 Å². The van der Waals surface area contributed by atoms with E-state index in [1.54, 1.807) is 0 Å². The number of aromatic amines is 1. The third kappa shape index (κ3) is 2.75. The minimum absolute atomic E-state index is 0.155. The van der Waals surface area contributed by atoms with Gasteiger partial charge in [0.2, 0.25) is 5.91 Å². The zero-order chi connectivity index (χ0) is 9.68. The van der Waals surface area contributed by atoms with Crippen LogP contribution >= 0.6 is 0 Å². The molecule has 0 spiro atoms. The van der Waals surface area contributed by atoms with Crippen molar-refractivity contribution < 1.29 is 9.53 Å². The van der Waals surface area contributed by atoms with Crippen molar-refractivity contribution in [3.63, 3.8) is 0 Å². The quantitative estimate of drug-likeness (QED) is 0.612. The van der Waals surface area contributed by atoms with E-state index in [4.69, 9.17) is 10.5 Å².